The largest absolute Gasteiger partial charge is 0.143 e. The van der Waals surface area contributed by atoms with Gasteiger partial charge in [0.2, 0.25) is 0 Å². The van der Waals surface area contributed by atoms with Gasteiger partial charge >= 0.3 is 0 Å². The predicted octanol–water partition coefficient (Wildman–Crippen LogP) is 4.54. The quantitative estimate of drug-likeness (QED) is 0.676. The van der Waals surface area contributed by atoms with E-state index in [0.717, 1.165) is 11.1 Å². The lowest BCUT2D eigenvalue weighted by atomic mass is 10.2. The molecule has 1 heterocycles. The molecule has 2 aromatic rings. The molecule has 0 aliphatic carbocycles. The van der Waals surface area contributed by atoms with E-state index in [9.17, 15) is 0 Å². The molecule has 2 rings (SSSR count). The molecule has 0 N–H and O–H groups in total. The van der Waals surface area contributed by atoms with Gasteiger partial charge in [-0.25, -0.2) is 0 Å². The van der Waals surface area contributed by atoms with E-state index in [2.05, 4.69) is 39.2 Å². The van der Waals surface area contributed by atoms with E-state index in [1.807, 2.05) is 41.4 Å². The first kappa shape index (κ1) is 11.2. The Morgan fingerprint density at radius 2 is 1.94 bits per heavy atom. The van der Waals surface area contributed by atoms with Crippen molar-refractivity contribution in [3.05, 3.63) is 63.3 Å². The first-order chi connectivity index (χ1) is 7.90. The van der Waals surface area contributed by atoms with Crippen molar-refractivity contribution in [2.24, 2.45) is 0 Å². The van der Waals surface area contributed by atoms with Crippen LogP contribution in [-0.2, 0) is 0 Å². The zero-order valence-corrected chi connectivity index (χ0v) is 10.9. The van der Waals surface area contributed by atoms with Gasteiger partial charge in [0.15, 0.2) is 0 Å². The molecule has 1 aromatic heterocycles. The summed E-state index contributed by atoms with van der Waals surface area (Å²) in [7, 11) is 0. The lowest BCUT2D eigenvalue weighted by Crippen LogP contribution is -1.74. The summed E-state index contributed by atoms with van der Waals surface area (Å²) in [6.07, 6.45) is 0. The van der Waals surface area contributed by atoms with Crippen molar-refractivity contribution < 1.29 is 0 Å². The first-order valence-corrected chi connectivity index (χ1v) is 6.61. The average Bonchev–Trinajstić information content (AvgIpc) is 2.85. The minimum Gasteiger partial charge on any atom is -0.143 e. The number of rotatable bonds is 1. The number of hydrogen-bond donors (Lipinski definition) is 0. The molecule has 16 heavy (non-hydrogen) atoms. The maximum atomic E-state index is 3.35. The van der Waals surface area contributed by atoms with E-state index in [1.165, 1.54) is 4.88 Å². The molecule has 0 aliphatic rings. The summed E-state index contributed by atoms with van der Waals surface area (Å²) < 4.78 is 0. The summed E-state index contributed by atoms with van der Waals surface area (Å²) in [6.45, 7) is 0. The average molecular weight is 289 g/mol. The standard InChI is InChI=1S/C14H9BrS/c15-11-13(14-7-4-10-16-14)9-8-12-5-2-1-3-6-12/h1-7,10-11H/b13-11+. The fourth-order valence-corrected chi connectivity index (χ4v) is 2.45. The Labute approximate surface area is 108 Å². The lowest BCUT2D eigenvalue weighted by molar-refractivity contribution is 1.65. The maximum Gasteiger partial charge on any atom is 0.0490 e. The van der Waals surface area contributed by atoms with Gasteiger partial charge in [-0.05, 0) is 28.6 Å². The summed E-state index contributed by atoms with van der Waals surface area (Å²) in [5.41, 5.74) is 2.05. The van der Waals surface area contributed by atoms with Gasteiger partial charge in [0.1, 0.15) is 0 Å². The molecule has 0 unspecified atom stereocenters. The van der Waals surface area contributed by atoms with Gasteiger partial charge in [0.05, 0.1) is 0 Å². The van der Waals surface area contributed by atoms with Gasteiger partial charge in [-0.15, -0.1) is 11.3 Å². The summed E-state index contributed by atoms with van der Waals surface area (Å²) >= 11 is 5.04. The van der Waals surface area contributed by atoms with Crippen molar-refractivity contribution in [2.45, 2.75) is 0 Å². The van der Waals surface area contributed by atoms with Crippen LogP contribution in [0.5, 0.6) is 0 Å². The third-order valence-electron chi connectivity index (χ3n) is 2.01. The van der Waals surface area contributed by atoms with Crippen LogP contribution in [0.1, 0.15) is 10.4 Å². The Morgan fingerprint density at radius 3 is 2.56 bits per heavy atom. The molecular formula is C14H9BrS. The molecule has 2 heteroatoms. The molecule has 0 saturated heterocycles. The maximum absolute atomic E-state index is 3.35. The molecule has 0 fully saturated rings. The van der Waals surface area contributed by atoms with E-state index in [-0.39, 0.29) is 0 Å². The number of halogens is 1. The monoisotopic (exact) mass is 288 g/mol. The van der Waals surface area contributed by atoms with Crippen molar-refractivity contribution >= 4 is 32.8 Å². The van der Waals surface area contributed by atoms with Gasteiger partial charge in [0, 0.05) is 16.0 Å². The van der Waals surface area contributed by atoms with Gasteiger partial charge < -0.3 is 0 Å². The van der Waals surface area contributed by atoms with Crippen molar-refractivity contribution in [3.8, 4) is 11.8 Å². The second kappa shape index (κ2) is 5.69. The van der Waals surface area contributed by atoms with Crippen molar-refractivity contribution in [1.82, 2.24) is 0 Å². The van der Waals surface area contributed by atoms with E-state index in [4.69, 9.17) is 0 Å². The van der Waals surface area contributed by atoms with E-state index in [1.54, 1.807) is 11.3 Å². The predicted molar refractivity (Wildman–Crippen MR) is 74.5 cm³/mol. The molecule has 0 nitrogen and oxygen atoms in total. The zero-order valence-electron chi connectivity index (χ0n) is 8.48. The fourth-order valence-electron chi connectivity index (χ4n) is 1.24. The van der Waals surface area contributed by atoms with Gasteiger partial charge in [-0.1, -0.05) is 52.0 Å². The van der Waals surface area contributed by atoms with Crippen LogP contribution >= 0.6 is 27.3 Å². The molecule has 0 saturated carbocycles. The van der Waals surface area contributed by atoms with Crippen molar-refractivity contribution in [2.75, 3.05) is 0 Å². The fraction of sp³-hybridized carbons (Fsp3) is 0. The van der Waals surface area contributed by atoms with Gasteiger partial charge in [-0.3, -0.25) is 0 Å². The van der Waals surface area contributed by atoms with Crippen LogP contribution in [0.3, 0.4) is 0 Å². The molecule has 78 valence electrons. The Bertz CT molecular complexity index is 527. The molecule has 0 aliphatic heterocycles. The number of hydrogen-bond acceptors (Lipinski definition) is 1. The Balaban J connectivity index is 2.25. The normalized spacial score (nSPS) is 10.7. The van der Waals surface area contributed by atoms with Crippen LogP contribution in [0.15, 0.2) is 52.8 Å². The highest BCUT2D eigenvalue weighted by Gasteiger charge is 1.97. The van der Waals surface area contributed by atoms with Crippen LogP contribution < -0.4 is 0 Å². The van der Waals surface area contributed by atoms with Crippen molar-refractivity contribution in [3.63, 3.8) is 0 Å². The number of thiophene rings is 1. The van der Waals surface area contributed by atoms with Crippen LogP contribution in [0.2, 0.25) is 0 Å². The highest BCUT2D eigenvalue weighted by Crippen LogP contribution is 2.20. The molecule has 0 bridgehead atoms. The highest BCUT2D eigenvalue weighted by atomic mass is 79.9. The second-order valence-electron chi connectivity index (χ2n) is 3.12. The Hall–Kier alpha value is -1.30. The minimum absolute atomic E-state index is 1.01. The Kier molecular flexibility index (Phi) is 3.98. The van der Waals surface area contributed by atoms with Gasteiger partial charge in [0.25, 0.3) is 0 Å². The van der Waals surface area contributed by atoms with E-state index >= 15 is 0 Å². The van der Waals surface area contributed by atoms with Crippen LogP contribution in [-0.4, -0.2) is 0 Å². The molecule has 0 spiro atoms. The summed E-state index contributed by atoms with van der Waals surface area (Å²) in [5.74, 6) is 6.31. The smallest absolute Gasteiger partial charge is 0.0490 e. The number of benzene rings is 1. The SMILES string of the molecule is Br/C=C(\C#Cc1ccccc1)c1cccs1. The molecule has 1 aromatic carbocycles. The van der Waals surface area contributed by atoms with E-state index in [0.29, 0.717) is 0 Å². The number of allylic oxidation sites excluding steroid dienone is 1. The third kappa shape index (κ3) is 2.85. The zero-order chi connectivity index (χ0) is 11.2. The first-order valence-electron chi connectivity index (χ1n) is 4.81. The topological polar surface area (TPSA) is 0 Å². The highest BCUT2D eigenvalue weighted by molar-refractivity contribution is 9.11. The molecule has 0 amide bonds. The van der Waals surface area contributed by atoms with Gasteiger partial charge in [-0.2, -0.15) is 0 Å². The summed E-state index contributed by atoms with van der Waals surface area (Å²) in [6, 6.07) is 14.1. The third-order valence-corrected chi connectivity index (χ3v) is 3.37. The van der Waals surface area contributed by atoms with Crippen LogP contribution in [0.25, 0.3) is 5.57 Å². The van der Waals surface area contributed by atoms with Crippen molar-refractivity contribution in [1.29, 1.82) is 0 Å². The lowest BCUT2D eigenvalue weighted by Gasteiger charge is -1.92. The Morgan fingerprint density at radius 1 is 1.12 bits per heavy atom. The van der Waals surface area contributed by atoms with Crippen LogP contribution in [0, 0.1) is 11.8 Å². The summed E-state index contributed by atoms with van der Waals surface area (Å²) in [4.78, 5) is 3.05. The molecular weight excluding hydrogens is 280 g/mol. The minimum atomic E-state index is 1.01. The molecule has 0 atom stereocenters. The second-order valence-corrected chi connectivity index (χ2v) is 4.52. The van der Waals surface area contributed by atoms with E-state index < -0.39 is 0 Å². The van der Waals surface area contributed by atoms with Crippen LogP contribution in [0.4, 0.5) is 0 Å². The molecule has 0 radical (unpaired) electrons. The summed E-state index contributed by atoms with van der Waals surface area (Å²) in [5, 5.41) is 2.05.